The Morgan fingerprint density at radius 2 is 2.00 bits per heavy atom. The molecule has 6 heteroatoms. The molecule has 1 saturated carbocycles. The van der Waals surface area contributed by atoms with Crippen molar-refractivity contribution < 1.29 is 9.90 Å². The maximum atomic E-state index is 12.6. The van der Waals surface area contributed by atoms with E-state index in [1.165, 1.54) is 19.3 Å². The number of aliphatic hydroxyl groups excluding tert-OH is 1. The highest BCUT2D eigenvalue weighted by Gasteiger charge is 2.22. The predicted molar refractivity (Wildman–Crippen MR) is 109 cm³/mol. The fourth-order valence-electron chi connectivity index (χ4n) is 4.26. The van der Waals surface area contributed by atoms with Crippen molar-refractivity contribution in [1.29, 1.82) is 0 Å². The van der Waals surface area contributed by atoms with Crippen molar-refractivity contribution in [2.24, 2.45) is 5.92 Å². The van der Waals surface area contributed by atoms with Crippen LogP contribution >= 0.6 is 11.6 Å². The first-order valence-corrected chi connectivity index (χ1v) is 10.3. The molecule has 2 fully saturated rings. The third-order valence-corrected chi connectivity index (χ3v) is 6.07. The number of halogens is 1. The first kappa shape index (κ1) is 18.5. The molecule has 1 aromatic heterocycles. The van der Waals surface area contributed by atoms with Crippen LogP contribution in [0, 0.1) is 5.92 Å². The maximum Gasteiger partial charge on any atom is 0.224 e. The summed E-state index contributed by atoms with van der Waals surface area (Å²) < 4.78 is 0. The van der Waals surface area contributed by atoms with Gasteiger partial charge in [0.15, 0.2) is 0 Å². The normalized spacial score (nSPS) is 21.0. The number of benzene rings is 1. The van der Waals surface area contributed by atoms with Crippen molar-refractivity contribution in [1.82, 2.24) is 4.98 Å². The lowest BCUT2D eigenvalue weighted by Crippen LogP contribution is -2.22. The van der Waals surface area contributed by atoms with Gasteiger partial charge in [-0.15, -0.1) is 0 Å². The summed E-state index contributed by atoms with van der Waals surface area (Å²) in [4.78, 5) is 19.4. The molecule has 0 bridgehead atoms. The number of hydrogen-bond donors (Lipinski definition) is 2. The average Bonchev–Trinajstić information content (AvgIpc) is 3.11. The summed E-state index contributed by atoms with van der Waals surface area (Å²) in [5.74, 6) is 1.36. The molecule has 0 radical (unpaired) electrons. The van der Waals surface area contributed by atoms with Gasteiger partial charge in [0.1, 0.15) is 5.82 Å². The fraction of sp³-hybridized carbons (Fsp3) is 0.524. The summed E-state index contributed by atoms with van der Waals surface area (Å²) in [5, 5.41) is 14.2. The number of amides is 1. The number of rotatable bonds is 4. The zero-order valence-corrected chi connectivity index (χ0v) is 16.2. The van der Waals surface area contributed by atoms with E-state index < -0.39 is 0 Å². The molecule has 1 aliphatic carbocycles. The highest BCUT2D eigenvalue weighted by atomic mass is 35.5. The van der Waals surface area contributed by atoms with Crippen molar-refractivity contribution in [2.75, 3.05) is 23.3 Å². The zero-order chi connectivity index (χ0) is 18.8. The number of carbonyl (C=O) groups excluding carboxylic acids is 1. The number of hydrogen-bond acceptors (Lipinski definition) is 4. The van der Waals surface area contributed by atoms with Crippen molar-refractivity contribution in [3.8, 4) is 0 Å². The zero-order valence-electron chi connectivity index (χ0n) is 15.5. The summed E-state index contributed by atoms with van der Waals surface area (Å²) in [6.45, 7) is 1.41. The number of pyridine rings is 1. The van der Waals surface area contributed by atoms with Gasteiger partial charge in [0, 0.05) is 24.9 Å². The molecule has 1 aromatic carbocycles. The molecule has 1 atom stereocenters. The van der Waals surface area contributed by atoms with E-state index in [-0.39, 0.29) is 12.0 Å². The van der Waals surface area contributed by atoms with E-state index in [0.29, 0.717) is 29.6 Å². The number of anilines is 2. The third-order valence-electron chi connectivity index (χ3n) is 5.76. The molecular formula is C21H26ClN3O2. The van der Waals surface area contributed by atoms with Crippen LogP contribution in [0.4, 0.5) is 11.5 Å². The lowest BCUT2D eigenvalue weighted by Gasteiger charge is -2.21. The Morgan fingerprint density at radius 3 is 2.74 bits per heavy atom. The minimum Gasteiger partial charge on any atom is -0.391 e. The Kier molecular flexibility index (Phi) is 5.50. The quantitative estimate of drug-likeness (QED) is 0.817. The van der Waals surface area contributed by atoms with Gasteiger partial charge in [-0.1, -0.05) is 30.9 Å². The molecule has 1 unspecified atom stereocenters. The summed E-state index contributed by atoms with van der Waals surface area (Å²) in [5.41, 5.74) is 1.45. The number of β-amino-alcohol motifs (C(OH)–C–C–N with tert-alkyl or cyclic N) is 1. The van der Waals surface area contributed by atoms with Crippen molar-refractivity contribution >= 4 is 39.9 Å². The Hall–Kier alpha value is -1.85. The van der Waals surface area contributed by atoms with Gasteiger partial charge in [-0.25, -0.2) is 4.98 Å². The van der Waals surface area contributed by atoms with Gasteiger partial charge >= 0.3 is 0 Å². The molecular weight excluding hydrogens is 362 g/mol. The number of aromatic nitrogens is 1. The van der Waals surface area contributed by atoms with Gasteiger partial charge in [0.2, 0.25) is 5.91 Å². The van der Waals surface area contributed by atoms with Crippen LogP contribution < -0.4 is 10.2 Å². The van der Waals surface area contributed by atoms with Gasteiger partial charge < -0.3 is 15.3 Å². The van der Waals surface area contributed by atoms with Gasteiger partial charge in [0.25, 0.3) is 0 Å². The number of fused-ring (bicyclic) bond motifs is 1. The van der Waals surface area contributed by atoms with Crippen LogP contribution in [0.2, 0.25) is 5.02 Å². The molecule has 4 rings (SSSR count). The molecule has 5 nitrogen and oxygen atoms in total. The van der Waals surface area contributed by atoms with Crippen LogP contribution in [0.25, 0.3) is 10.9 Å². The molecule has 2 N–H and O–H groups in total. The number of nitrogens with zero attached hydrogens (tertiary/aromatic N) is 2. The van der Waals surface area contributed by atoms with Crippen LogP contribution in [0.15, 0.2) is 24.3 Å². The van der Waals surface area contributed by atoms with E-state index in [0.717, 1.165) is 42.5 Å². The summed E-state index contributed by atoms with van der Waals surface area (Å²) in [6.07, 6.45) is 7.06. The predicted octanol–water partition coefficient (Wildman–Crippen LogP) is 4.37. The average molecular weight is 388 g/mol. The van der Waals surface area contributed by atoms with Crippen molar-refractivity contribution in [3.05, 3.63) is 29.3 Å². The Bertz CT molecular complexity index is 836. The van der Waals surface area contributed by atoms with Gasteiger partial charge in [-0.2, -0.15) is 0 Å². The standard InChI is InChI=1S/C21H26ClN3O2/c22-17-7-8-18-16(6-9-19(23-18)25-11-10-15(26)13-25)21(17)24-20(27)12-14-4-2-1-3-5-14/h6-9,14-15,26H,1-5,10-13H2,(H,24,27). The first-order valence-electron chi connectivity index (χ1n) is 9.92. The van der Waals surface area contributed by atoms with E-state index in [1.807, 2.05) is 18.2 Å². The van der Waals surface area contributed by atoms with Crippen molar-refractivity contribution in [2.45, 2.75) is 51.0 Å². The van der Waals surface area contributed by atoms with Crippen LogP contribution in [0.1, 0.15) is 44.9 Å². The largest absolute Gasteiger partial charge is 0.391 e. The molecule has 2 aromatic rings. The number of nitrogens with one attached hydrogen (secondary N) is 1. The van der Waals surface area contributed by atoms with Crippen LogP contribution in [-0.4, -0.2) is 35.2 Å². The monoisotopic (exact) mass is 387 g/mol. The molecule has 1 amide bonds. The number of aliphatic hydroxyl groups is 1. The van der Waals surface area contributed by atoms with Crippen LogP contribution in [0.5, 0.6) is 0 Å². The molecule has 2 aliphatic rings. The smallest absolute Gasteiger partial charge is 0.224 e. The van der Waals surface area contributed by atoms with Crippen LogP contribution in [-0.2, 0) is 4.79 Å². The highest BCUT2D eigenvalue weighted by Crippen LogP contribution is 2.33. The molecule has 144 valence electrons. The second kappa shape index (κ2) is 8.03. The number of carbonyl (C=O) groups is 1. The highest BCUT2D eigenvalue weighted by molar-refractivity contribution is 6.35. The SMILES string of the molecule is O=C(CC1CCCCC1)Nc1c(Cl)ccc2nc(N3CCC(O)C3)ccc12. The molecule has 0 spiro atoms. The van der Waals surface area contributed by atoms with Gasteiger partial charge in [-0.05, 0) is 49.4 Å². The first-order chi connectivity index (χ1) is 13.1. The Labute approximate surface area is 164 Å². The van der Waals surface area contributed by atoms with Crippen LogP contribution in [0.3, 0.4) is 0 Å². The molecule has 1 aliphatic heterocycles. The van der Waals surface area contributed by atoms with Crippen molar-refractivity contribution in [3.63, 3.8) is 0 Å². The topological polar surface area (TPSA) is 65.5 Å². The second-order valence-electron chi connectivity index (χ2n) is 7.80. The lowest BCUT2D eigenvalue weighted by atomic mass is 9.87. The minimum atomic E-state index is -0.289. The summed E-state index contributed by atoms with van der Waals surface area (Å²) in [7, 11) is 0. The lowest BCUT2D eigenvalue weighted by molar-refractivity contribution is -0.117. The van der Waals surface area contributed by atoms with Gasteiger partial charge in [-0.3, -0.25) is 4.79 Å². The molecule has 1 saturated heterocycles. The molecule has 2 heterocycles. The Balaban J connectivity index is 1.54. The fourth-order valence-corrected chi connectivity index (χ4v) is 4.48. The van der Waals surface area contributed by atoms with E-state index in [1.54, 1.807) is 6.07 Å². The second-order valence-corrected chi connectivity index (χ2v) is 8.21. The van der Waals surface area contributed by atoms with Gasteiger partial charge in [0.05, 0.1) is 22.3 Å². The third kappa shape index (κ3) is 4.19. The van der Waals surface area contributed by atoms with E-state index >= 15 is 0 Å². The van der Waals surface area contributed by atoms with E-state index in [4.69, 9.17) is 16.6 Å². The van der Waals surface area contributed by atoms with E-state index in [2.05, 4.69) is 10.2 Å². The van der Waals surface area contributed by atoms with E-state index in [9.17, 15) is 9.90 Å². The molecule has 27 heavy (non-hydrogen) atoms. The maximum absolute atomic E-state index is 12.6. The minimum absolute atomic E-state index is 0.0306. The summed E-state index contributed by atoms with van der Waals surface area (Å²) in [6, 6.07) is 7.57. The Morgan fingerprint density at radius 1 is 1.19 bits per heavy atom. The summed E-state index contributed by atoms with van der Waals surface area (Å²) >= 11 is 6.39.